The largest absolute Gasteiger partial charge is 0.462 e. The van der Waals surface area contributed by atoms with Crippen molar-refractivity contribution in [2.24, 2.45) is 0 Å². The molecule has 0 heterocycles. The summed E-state index contributed by atoms with van der Waals surface area (Å²) in [6, 6.07) is 11.0. The third-order valence-electron chi connectivity index (χ3n) is 3.81. The number of hydrogen-bond donors (Lipinski definition) is 1. The summed E-state index contributed by atoms with van der Waals surface area (Å²) in [5.74, 6) is -1.07. The number of aryl methyl sites for hydroxylation is 1. The minimum Gasteiger partial charge on any atom is -0.462 e. The number of rotatable bonds is 7. The highest BCUT2D eigenvalue weighted by Gasteiger charge is 2.21. The second kappa shape index (κ2) is 9.07. The number of nitrogens with one attached hydrogen (secondary N) is 1. The second-order valence-electron chi connectivity index (χ2n) is 6.05. The molecule has 0 unspecified atom stereocenters. The van der Waals surface area contributed by atoms with E-state index < -0.39 is 28.4 Å². The molecule has 7 nitrogen and oxygen atoms in total. The third kappa shape index (κ3) is 5.71. The summed E-state index contributed by atoms with van der Waals surface area (Å²) in [6.07, 6.45) is 1.01. The lowest BCUT2D eigenvalue weighted by atomic mass is 10.1. The number of ether oxygens (including phenoxy) is 1. The summed E-state index contributed by atoms with van der Waals surface area (Å²) in [5, 5.41) is 3.00. The molecule has 0 fully saturated rings. The number of halogens is 1. The van der Waals surface area contributed by atoms with Crippen molar-refractivity contribution in [2.45, 2.75) is 13.8 Å². The number of sulfonamides is 1. The fourth-order valence-corrected chi connectivity index (χ4v) is 3.48. The lowest BCUT2D eigenvalue weighted by Gasteiger charge is -2.22. The number of amides is 1. The molecule has 2 aromatic rings. The molecule has 0 saturated carbocycles. The van der Waals surface area contributed by atoms with E-state index in [-0.39, 0.29) is 17.9 Å². The van der Waals surface area contributed by atoms with Crippen LogP contribution in [0.2, 0.25) is 5.02 Å². The van der Waals surface area contributed by atoms with Crippen LogP contribution in [0.25, 0.3) is 0 Å². The van der Waals surface area contributed by atoms with Crippen molar-refractivity contribution < 1.29 is 22.7 Å². The maximum atomic E-state index is 12.5. The van der Waals surface area contributed by atoms with Crippen LogP contribution in [0.5, 0.6) is 0 Å². The van der Waals surface area contributed by atoms with Crippen molar-refractivity contribution in [1.29, 1.82) is 0 Å². The number of carbonyl (C=O) groups is 2. The monoisotopic (exact) mass is 424 g/mol. The fraction of sp³-hybridized carbons (Fsp3) is 0.263. The van der Waals surface area contributed by atoms with Gasteiger partial charge >= 0.3 is 5.97 Å². The van der Waals surface area contributed by atoms with E-state index in [1.807, 2.05) is 0 Å². The first-order chi connectivity index (χ1) is 13.1. The Hall–Kier alpha value is -2.58. The Labute approximate surface area is 169 Å². The van der Waals surface area contributed by atoms with Gasteiger partial charge in [-0.05, 0) is 49.7 Å². The highest BCUT2D eigenvalue weighted by atomic mass is 35.5. The van der Waals surface area contributed by atoms with Crippen molar-refractivity contribution in [1.82, 2.24) is 0 Å². The summed E-state index contributed by atoms with van der Waals surface area (Å²) in [4.78, 5) is 24.4. The van der Waals surface area contributed by atoms with E-state index in [9.17, 15) is 18.0 Å². The van der Waals surface area contributed by atoms with Gasteiger partial charge in [0.05, 0.1) is 24.1 Å². The lowest BCUT2D eigenvalue weighted by molar-refractivity contribution is -0.114. The average Bonchev–Trinajstić information content (AvgIpc) is 2.60. The zero-order valence-corrected chi connectivity index (χ0v) is 17.3. The maximum absolute atomic E-state index is 12.5. The van der Waals surface area contributed by atoms with Crippen LogP contribution in [-0.2, 0) is 19.6 Å². The summed E-state index contributed by atoms with van der Waals surface area (Å²) >= 11 is 5.93. The van der Waals surface area contributed by atoms with Gasteiger partial charge in [0.25, 0.3) is 0 Å². The quantitative estimate of drug-likeness (QED) is 0.689. The van der Waals surface area contributed by atoms with E-state index in [2.05, 4.69) is 5.32 Å². The first-order valence-electron chi connectivity index (χ1n) is 8.42. The molecule has 0 saturated heterocycles. The zero-order chi connectivity index (χ0) is 20.9. The van der Waals surface area contributed by atoms with Crippen LogP contribution >= 0.6 is 11.6 Å². The molecule has 0 bridgehead atoms. The van der Waals surface area contributed by atoms with E-state index in [1.54, 1.807) is 44.2 Å². The van der Waals surface area contributed by atoms with Gasteiger partial charge in [0, 0.05) is 10.7 Å². The summed E-state index contributed by atoms with van der Waals surface area (Å²) in [7, 11) is -3.72. The fourth-order valence-electron chi connectivity index (χ4n) is 2.45. The van der Waals surface area contributed by atoms with Crippen LogP contribution < -0.4 is 9.62 Å². The molecular formula is C19H21ClN2O5S. The molecule has 0 radical (unpaired) electrons. The Morgan fingerprint density at radius 3 is 2.50 bits per heavy atom. The Bertz CT molecular complexity index is 992. The number of nitrogens with zero attached hydrogens (tertiary/aromatic N) is 1. The summed E-state index contributed by atoms with van der Waals surface area (Å²) < 4.78 is 30.2. The smallest absolute Gasteiger partial charge is 0.338 e. The molecule has 0 aromatic heterocycles. The van der Waals surface area contributed by atoms with Gasteiger partial charge in [0.1, 0.15) is 6.54 Å². The molecular weight excluding hydrogens is 404 g/mol. The average molecular weight is 425 g/mol. The van der Waals surface area contributed by atoms with Crippen LogP contribution in [0.4, 0.5) is 11.4 Å². The van der Waals surface area contributed by atoms with E-state index in [0.29, 0.717) is 10.7 Å². The Kier molecular flexibility index (Phi) is 7.04. The Morgan fingerprint density at radius 1 is 1.18 bits per heavy atom. The molecule has 0 aliphatic carbocycles. The van der Waals surface area contributed by atoms with Gasteiger partial charge in [-0.3, -0.25) is 9.10 Å². The van der Waals surface area contributed by atoms with Gasteiger partial charge in [-0.2, -0.15) is 0 Å². The predicted octanol–water partition coefficient (Wildman–Crippen LogP) is 3.23. The minimum atomic E-state index is -3.72. The molecule has 28 heavy (non-hydrogen) atoms. The van der Waals surface area contributed by atoms with Crippen LogP contribution in [0.15, 0.2) is 42.5 Å². The number of anilines is 2. The SMILES string of the molecule is CCOC(=O)c1ccc(C)c(NC(=O)CN(c2cccc(Cl)c2)S(C)(=O)=O)c1. The third-order valence-corrected chi connectivity index (χ3v) is 5.18. The minimum absolute atomic E-state index is 0.233. The van der Waals surface area contributed by atoms with E-state index >= 15 is 0 Å². The topological polar surface area (TPSA) is 92.8 Å². The highest BCUT2D eigenvalue weighted by molar-refractivity contribution is 7.92. The molecule has 0 atom stereocenters. The van der Waals surface area contributed by atoms with E-state index in [1.165, 1.54) is 12.1 Å². The van der Waals surface area contributed by atoms with Gasteiger partial charge in [0.2, 0.25) is 15.9 Å². The predicted molar refractivity (Wildman–Crippen MR) is 109 cm³/mol. The van der Waals surface area contributed by atoms with E-state index in [0.717, 1.165) is 16.1 Å². The Morgan fingerprint density at radius 2 is 1.89 bits per heavy atom. The molecule has 150 valence electrons. The second-order valence-corrected chi connectivity index (χ2v) is 8.39. The van der Waals surface area contributed by atoms with Gasteiger partial charge in [-0.25, -0.2) is 13.2 Å². The summed E-state index contributed by atoms with van der Waals surface area (Å²) in [6.45, 7) is 3.25. The van der Waals surface area contributed by atoms with Crippen molar-refractivity contribution in [2.75, 3.05) is 29.0 Å². The first-order valence-corrected chi connectivity index (χ1v) is 10.7. The van der Waals surface area contributed by atoms with Crippen molar-refractivity contribution in [3.05, 3.63) is 58.6 Å². The van der Waals surface area contributed by atoms with E-state index in [4.69, 9.17) is 16.3 Å². The van der Waals surface area contributed by atoms with Gasteiger partial charge < -0.3 is 10.1 Å². The molecule has 0 spiro atoms. The lowest BCUT2D eigenvalue weighted by Crippen LogP contribution is -2.37. The summed E-state index contributed by atoms with van der Waals surface area (Å²) in [5.41, 5.74) is 1.69. The Balaban J connectivity index is 2.24. The van der Waals surface area contributed by atoms with Crippen LogP contribution in [0.1, 0.15) is 22.8 Å². The van der Waals surface area contributed by atoms with Crippen molar-refractivity contribution in [3.8, 4) is 0 Å². The molecule has 1 amide bonds. The van der Waals surface area contributed by atoms with Gasteiger partial charge in [-0.1, -0.05) is 23.7 Å². The van der Waals surface area contributed by atoms with Gasteiger partial charge in [0.15, 0.2) is 0 Å². The van der Waals surface area contributed by atoms with Crippen LogP contribution in [0.3, 0.4) is 0 Å². The molecule has 0 aliphatic heterocycles. The molecule has 2 rings (SSSR count). The number of hydrogen-bond acceptors (Lipinski definition) is 5. The molecule has 2 aromatic carbocycles. The maximum Gasteiger partial charge on any atom is 0.338 e. The molecule has 0 aliphatic rings. The molecule has 9 heteroatoms. The zero-order valence-electron chi connectivity index (χ0n) is 15.7. The standard InChI is InChI=1S/C19H21ClN2O5S/c1-4-27-19(24)14-9-8-13(2)17(10-14)21-18(23)12-22(28(3,25)26)16-7-5-6-15(20)11-16/h5-11H,4,12H2,1-3H3,(H,21,23). The van der Waals surface area contributed by atoms with Gasteiger partial charge in [-0.15, -0.1) is 0 Å². The molecule has 1 N–H and O–H groups in total. The first kappa shape index (κ1) is 21.7. The van der Waals surface area contributed by atoms with Crippen LogP contribution in [-0.4, -0.2) is 39.7 Å². The number of esters is 1. The van der Waals surface area contributed by atoms with Crippen molar-refractivity contribution >= 4 is 44.9 Å². The highest BCUT2D eigenvalue weighted by Crippen LogP contribution is 2.22. The number of benzene rings is 2. The number of carbonyl (C=O) groups excluding carboxylic acids is 2. The normalized spacial score (nSPS) is 11.0. The van der Waals surface area contributed by atoms with Crippen molar-refractivity contribution in [3.63, 3.8) is 0 Å². The van der Waals surface area contributed by atoms with Crippen LogP contribution in [0, 0.1) is 6.92 Å².